The van der Waals surface area contributed by atoms with Gasteiger partial charge < -0.3 is 15.0 Å². The number of rotatable bonds is 3. The highest BCUT2D eigenvalue weighted by Gasteiger charge is 2.15. The summed E-state index contributed by atoms with van der Waals surface area (Å²) in [6.45, 7) is 4.44. The summed E-state index contributed by atoms with van der Waals surface area (Å²) in [7, 11) is 1.34. The lowest BCUT2D eigenvalue weighted by atomic mass is 10.3. The number of aromatic nitrogens is 1. The molecule has 0 aliphatic heterocycles. The minimum atomic E-state index is -0.593. The van der Waals surface area contributed by atoms with Crippen LogP contribution >= 0.6 is 0 Å². The second-order valence-corrected chi connectivity index (χ2v) is 3.36. The lowest BCUT2D eigenvalue weighted by Gasteiger charge is -2.13. The molecule has 0 aliphatic rings. The minimum absolute atomic E-state index is 0.377. The van der Waals surface area contributed by atoms with Gasteiger partial charge in [0, 0.05) is 17.9 Å². The molecule has 1 unspecified atom stereocenters. The van der Waals surface area contributed by atoms with Gasteiger partial charge in [0.25, 0.3) is 0 Å². The number of esters is 1. The number of hydrogen-bond acceptors (Lipinski definition) is 3. The van der Waals surface area contributed by atoms with E-state index < -0.39 is 6.04 Å². The zero-order chi connectivity index (χ0) is 10.7. The Kier molecular flexibility index (Phi) is 3.30. The first-order chi connectivity index (χ1) is 6.56. The number of nitrogens with zero attached hydrogens (tertiary/aromatic N) is 1. The summed E-state index contributed by atoms with van der Waals surface area (Å²) in [5.41, 5.74) is 7.86. The van der Waals surface area contributed by atoms with Crippen molar-refractivity contribution in [2.24, 2.45) is 5.73 Å². The molecule has 0 saturated carbocycles. The van der Waals surface area contributed by atoms with E-state index in [1.54, 1.807) is 0 Å². The smallest absolute Gasteiger partial charge is 0.324 e. The molecule has 1 atom stereocenters. The highest BCUT2D eigenvalue weighted by Crippen LogP contribution is 2.07. The summed E-state index contributed by atoms with van der Waals surface area (Å²) < 4.78 is 6.56. The maximum absolute atomic E-state index is 11.1. The first-order valence-corrected chi connectivity index (χ1v) is 4.52. The Morgan fingerprint density at radius 3 is 2.43 bits per heavy atom. The Morgan fingerprint density at radius 2 is 2.00 bits per heavy atom. The average molecular weight is 196 g/mol. The predicted octanol–water partition coefficient (Wildman–Crippen LogP) is 0.605. The van der Waals surface area contributed by atoms with Crippen molar-refractivity contribution in [1.29, 1.82) is 0 Å². The SMILES string of the molecule is COC(=O)C(N)Cn1c(C)ccc1C. The van der Waals surface area contributed by atoms with Crippen LogP contribution in [-0.4, -0.2) is 23.7 Å². The lowest BCUT2D eigenvalue weighted by Crippen LogP contribution is -2.36. The van der Waals surface area contributed by atoms with Crippen LogP contribution in [0.4, 0.5) is 0 Å². The van der Waals surface area contributed by atoms with Crippen LogP contribution in [-0.2, 0) is 16.1 Å². The van der Waals surface area contributed by atoms with Crippen molar-refractivity contribution in [2.45, 2.75) is 26.4 Å². The van der Waals surface area contributed by atoms with E-state index in [1.165, 1.54) is 7.11 Å². The van der Waals surface area contributed by atoms with Gasteiger partial charge in [-0.3, -0.25) is 4.79 Å². The first kappa shape index (κ1) is 10.8. The summed E-state index contributed by atoms with van der Waals surface area (Å²) >= 11 is 0. The van der Waals surface area contributed by atoms with Crippen molar-refractivity contribution in [1.82, 2.24) is 4.57 Å². The summed E-state index contributed by atoms with van der Waals surface area (Å²) in [6, 6.07) is 3.41. The highest BCUT2D eigenvalue weighted by molar-refractivity contribution is 5.75. The van der Waals surface area contributed by atoms with Gasteiger partial charge in [0.2, 0.25) is 0 Å². The molecular weight excluding hydrogens is 180 g/mol. The van der Waals surface area contributed by atoms with Gasteiger partial charge in [0.05, 0.1) is 7.11 Å². The third-order valence-corrected chi connectivity index (χ3v) is 2.30. The number of nitrogens with two attached hydrogens (primary N) is 1. The molecule has 2 N–H and O–H groups in total. The fourth-order valence-corrected chi connectivity index (χ4v) is 1.41. The Morgan fingerprint density at radius 1 is 1.50 bits per heavy atom. The van der Waals surface area contributed by atoms with Gasteiger partial charge in [-0.15, -0.1) is 0 Å². The van der Waals surface area contributed by atoms with Crippen molar-refractivity contribution in [3.63, 3.8) is 0 Å². The van der Waals surface area contributed by atoms with Crippen LogP contribution in [0.1, 0.15) is 11.4 Å². The van der Waals surface area contributed by atoms with Crippen LogP contribution in [0.3, 0.4) is 0 Å². The number of carbonyl (C=O) groups excluding carboxylic acids is 1. The zero-order valence-corrected chi connectivity index (χ0v) is 8.78. The largest absolute Gasteiger partial charge is 0.468 e. The second-order valence-electron chi connectivity index (χ2n) is 3.36. The fraction of sp³-hybridized carbons (Fsp3) is 0.500. The van der Waals surface area contributed by atoms with Crippen molar-refractivity contribution in [3.8, 4) is 0 Å². The molecule has 78 valence electrons. The van der Waals surface area contributed by atoms with Gasteiger partial charge in [-0.05, 0) is 26.0 Å². The summed E-state index contributed by atoms with van der Waals surface area (Å²) in [5.74, 6) is -0.377. The predicted molar refractivity (Wildman–Crippen MR) is 53.9 cm³/mol. The molecule has 0 aromatic carbocycles. The quantitative estimate of drug-likeness (QED) is 0.720. The van der Waals surface area contributed by atoms with E-state index in [9.17, 15) is 4.79 Å². The van der Waals surface area contributed by atoms with Crippen molar-refractivity contribution >= 4 is 5.97 Å². The molecule has 1 heterocycles. The van der Waals surface area contributed by atoms with E-state index in [-0.39, 0.29) is 5.97 Å². The third-order valence-electron chi connectivity index (χ3n) is 2.30. The number of ether oxygens (including phenoxy) is 1. The molecule has 0 radical (unpaired) electrons. The number of methoxy groups -OCH3 is 1. The summed E-state index contributed by atoms with van der Waals surface area (Å²) in [4.78, 5) is 11.1. The molecule has 0 fully saturated rings. The van der Waals surface area contributed by atoms with E-state index >= 15 is 0 Å². The molecule has 1 aromatic heterocycles. The normalized spacial score (nSPS) is 12.6. The van der Waals surface area contributed by atoms with E-state index in [0.29, 0.717) is 6.54 Å². The van der Waals surface area contributed by atoms with Gasteiger partial charge in [0.15, 0.2) is 0 Å². The van der Waals surface area contributed by atoms with Gasteiger partial charge in [-0.2, -0.15) is 0 Å². The summed E-state index contributed by atoms with van der Waals surface area (Å²) in [5, 5.41) is 0. The molecule has 1 aromatic rings. The zero-order valence-electron chi connectivity index (χ0n) is 8.78. The Labute approximate surface area is 83.7 Å². The maximum Gasteiger partial charge on any atom is 0.324 e. The van der Waals surface area contributed by atoms with E-state index in [1.807, 2.05) is 30.5 Å². The van der Waals surface area contributed by atoms with Crippen molar-refractivity contribution < 1.29 is 9.53 Å². The Bertz CT molecular complexity index is 311. The van der Waals surface area contributed by atoms with Gasteiger partial charge in [0.1, 0.15) is 6.04 Å². The van der Waals surface area contributed by atoms with E-state index in [4.69, 9.17) is 5.73 Å². The number of carbonyl (C=O) groups is 1. The molecule has 0 spiro atoms. The van der Waals surface area contributed by atoms with Crippen LogP contribution in [0.5, 0.6) is 0 Å². The fourth-order valence-electron chi connectivity index (χ4n) is 1.41. The van der Waals surface area contributed by atoms with Crippen molar-refractivity contribution in [3.05, 3.63) is 23.5 Å². The summed E-state index contributed by atoms with van der Waals surface area (Å²) in [6.07, 6.45) is 0. The van der Waals surface area contributed by atoms with Crippen molar-refractivity contribution in [2.75, 3.05) is 7.11 Å². The number of aryl methyl sites for hydroxylation is 2. The average Bonchev–Trinajstić information content (AvgIpc) is 2.48. The molecule has 1 rings (SSSR count). The maximum atomic E-state index is 11.1. The Balaban J connectivity index is 2.73. The van der Waals surface area contributed by atoms with Crippen LogP contribution in [0.2, 0.25) is 0 Å². The highest BCUT2D eigenvalue weighted by atomic mass is 16.5. The third kappa shape index (κ3) is 2.14. The Hall–Kier alpha value is -1.29. The van der Waals surface area contributed by atoms with Gasteiger partial charge in [-0.1, -0.05) is 0 Å². The monoisotopic (exact) mass is 196 g/mol. The lowest BCUT2D eigenvalue weighted by molar-refractivity contribution is -0.142. The molecular formula is C10H16N2O2. The van der Waals surface area contributed by atoms with E-state index in [2.05, 4.69) is 4.74 Å². The van der Waals surface area contributed by atoms with Crippen LogP contribution in [0.15, 0.2) is 12.1 Å². The molecule has 14 heavy (non-hydrogen) atoms. The standard InChI is InChI=1S/C10H16N2O2/c1-7-4-5-8(2)12(7)6-9(11)10(13)14-3/h4-5,9H,6,11H2,1-3H3. The molecule has 0 saturated heterocycles. The topological polar surface area (TPSA) is 57.2 Å². The second kappa shape index (κ2) is 4.28. The molecule has 4 heteroatoms. The first-order valence-electron chi connectivity index (χ1n) is 4.52. The van der Waals surface area contributed by atoms with E-state index in [0.717, 1.165) is 11.4 Å². The minimum Gasteiger partial charge on any atom is -0.468 e. The molecule has 0 aliphatic carbocycles. The molecule has 0 amide bonds. The van der Waals surface area contributed by atoms with Gasteiger partial charge >= 0.3 is 5.97 Å². The molecule has 0 bridgehead atoms. The number of hydrogen-bond donors (Lipinski definition) is 1. The van der Waals surface area contributed by atoms with Crippen LogP contribution < -0.4 is 5.73 Å². The molecule has 4 nitrogen and oxygen atoms in total. The van der Waals surface area contributed by atoms with Gasteiger partial charge in [-0.25, -0.2) is 0 Å². The van der Waals surface area contributed by atoms with Crippen LogP contribution in [0, 0.1) is 13.8 Å². The van der Waals surface area contributed by atoms with Crippen LogP contribution in [0.25, 0.3) is 0 Å².